The van der Waals surface area contributed by atoms with Crippen molar-refractivity contribution >= 4 is 23.6 Å². The van der Waals surface area contributed by atoms with Gasteiger partial charge in [0.15, 0.2) is 0 Å². The molecule has 2 atom stereocenters. The van der Waals surface area contributed by atoms with Gasteiger partial charge in [-0.3, -0.25) is 14.5 Å². The first-order chi connectivity index (χ1) is 16.7. The minimum atomic E-state index is -1.12. The molecule has 0 aliphatic heterocycles. The summed E-state index contributed by atoms with van der Waals surface area (Å²) in [7, 11) is 0. The molecule has 0 aromatic heterocycles. The maximum atomic E-state index is 13.8. The summed E-state index contributed by atoms with van der Waals surface area (Å²) in [6, 6.07) is 13.2. The Morgan fingerprint density at radius 1 is 1.00 bits per heavy atom. The van der Waals surface area contributed by atoms with Gasteiger partial charge in [0, 0.05) is 11.7 Å². The van der Waals surface area contributed by atoms with Crippen LogP contribution in [0.15, 0.2) is 42.5 Å². The van der Waals surface area contributed by atoms with Crippen LogP contribution in [0.4, 0.5) is 10.5 Å². The van der Waals surface area contributed by atoms with Gasteiger partial charge in [0.05, 0.1) is 0 Å². The fourth-order valence-corrected chi connectivity index (χ4v) is 3.81. The predicted molar refractivity (Wildman–Crippen MR) is 142 cm³/mol. The highest BCUT2D eigenvalue weighted by Crippen LogP contribution is 2.28. The molecule has 0 bridgehead atoms. The molecule has 0 saturated heterocycles. The van der Waals surface area contributed by atoms with E-state index in [9.17, 15) is 14.4 Å². The molecule has 192 valence electrons. The van der Waals surface area contributed by atoms with Crippen molar-refractivity contribution in [2.24, 2.45) is 5.92 Å². The van der Waals surface area contributed by atoms with E-state index in [0.717, 1.165) is 21.6 Å². The highest BCUT2D eigenvalue weighted by atomic mass is 16.6. The van der Waals surface area contributed by atoms with Gasteiger partial charge >= 0.3 is 6.09 Å². The number of hydrogen-bond donors (Lipinski definition) is 2. The fourth-order valence-electron chi connectivity index (χ4n) is 3.81. The number of hydrogen-bond acceptors (Lipinski definition) is 4. The van der Waals surface area contributed by atoms with Gasteiger partial charge in [0.25, 0.3) is 11.8 Å². The summed E-state index contributed by atoms with van der Waals surface area (Å²) in [4.78, 5) is 41.0. The minimum Gasteiger partial charge on any atom is -0.444 e. The van der Waals surface area contributed by atoms with E-state index in [1.807, 2.05) is 51.1 Å². The molecule has 2 aromatic rings. The van der Waals surface area contributed by atoms with Gasteiger partial charge in [-0.25, -0.2) is 4.79 Å². The van der Waals surface area contributed by atoms with Crippen molar-refractivity contribution in [3.63, 3.8) is 0 Å². The lowest BCUT2D eigenvalue weighted by molar-refractivity contribution is -0.137. The van der Waals surface area contributed by atoms with Gasteiger partial charge in [-0.15, -0.1) is 0 Å². The van der Waals surface area contributed by atoms with Crippen molar-refractivity contribution < 1.29 is 19.1 Å². The Morgan fingerprint density at radius 3 is 2.17 bits per heavy atom. The van der Waals surface area contributed by atoms with E-state index in [-0.39, 0.29) is 5.92 Å². The maximum absolute atomic E-state index is 13.8. The van der Waals surface area contributed by atoms with Gasteiger partial charge in [-0.05, 0) is 70.2 Å². The monoisotopic (exact) mass is 491 g/mol. The molecule has 0 spiro atoms. The molecule has 36 heavy (non-hydrogen) atoms. The summed E-state index contributed by atoms with van der Waals surface area (Å²) in [6.45, 7) is 14.5. The number of amides is 3. The van der Waals surface area contributed by atoms with Gasteiger partial charge in [0.2, 0.25) is 0 Å². The van der Waals surface area contributed by atoms with E-state index in [4.69, 9.17) is 11.2 Å². The van der Waals surface area contributed by atoms with Crippen molar-refractivity contribution in [3.05, 3.63) is 64.7 Å². The van der Waals surface area contributed by atoms with Crippen molar-refractivity contribution in [1.29, 1.82) is 0 Å². The molecule has 0 heterocycles. The molecule has 2 unspecified atom stereocenters. The van der Waals surface area contributed by atoms with Crippen molar-refractivity contribution in [2.45, 2.75) is 73.1 Å². The molecule has 2 N–H and O–H groups in total. The molecule has 7 nitrogen and oxygen atoms in total. The number of terminal acetylenes is 1. The summed E-state index contributed by atoms with van der Waals surface area (Å²) in [5, 5.41) is 5.56. The predicted octanol–water partition coefficient (Wildman–Crippen LogP) is 5.26. The SMILES string of the molecule is C#CN(C(=O)C(NC(=O)OC(C)(C)C)C(C)C)C(C(=O)Nc1ccccc1C)c1ccc(C)cc1C. The Balaban J connectivity index is 2.51. The highest BCUT2D eigenvalue weighted by molar-refractivity contribution is 6.00. The highest BCUT2D eigenvalue weighted by Gasteiger charge is 2.37. The van der Waals surface area contributed by atoms with Crippen LogP contribution in [-0.2, 0) is 14.3 Å². The van der Waals surface area contributed by atoms with Crippen LogP contribution in [0.3, 0.4) is 0 Å². The average Bonchev–Trinajstić information content (AvgIpc) is 2.76. The molecule has 3 amide bonds. The zero-order chi connectivity index (χ0) is 27.2. The molecule has 0 aliphatic carbocycles. The summed E-state index contributed by atoms with van der Waals surface area (Å²) >= 11 is 0. The molecule has 0 aliphatic rings. The van der Waals surface area contributed by atoms with Crippen LogP contribution in [0.25, 0.3) is 0 Å². The van der Waals surface area contributed by atoms with Gasteiger partial charge in [0.1, 0.15) is 17.7 Å². The lowest BCUT2D eigenvalue weighted by atomic mass is 9.95. The number of benzene rings is 2. The third-order valence-corrected chi connectivity index (χ3v) is 5.61. The molecule has 2 rings (SSSR count). The van der Waals surface area contributed by atoms with E-state index in [1.165, 1.54) is 0 Å². The first-order valence-electron chi connectivity index (χ1n) is 12.0. The van der Waals surface area contributed by atoms with E-state index in [1.54, 1.807) is 46.8 Å². The third kappa shape index (κ3) is 7.35. The van der Waals surface area contributed by atoms with Gasteiger partial charge in [-0.1, -0.05) is 62.2 Å². The summed E-state index contributed by atoms with van der Waals surface area (Å²) < 4.78 is 5.35. The van der Waals surface area contributed by atoms with Crippen molar-refractivity contribution in [3.8, 4) is 12.5 Å². The van der Waals surface area contributed by atoms with E-state index in [2.05, 4.69) is 16.7 Å². The number of alkyl carbamates (subject to hydrolysis) is 1. The Labute approximate surface area is 214 Å². The second kappa shape index (κ2) is 11.8. The minimum absolute atomic E-state index is 0.319. The lowest BCUT2D eigenvalue weighted by Gasteiger charge is -2.32. The largest absolute Gasteiger partial charge is 0.444 e. The van der Waals surface area contributed by atoms with E-state index >= 15 is 0 Å². The number of para-hydroxylation sites is 1. The van der Waals surface area contributed by atoms with Crippen molar-refractivity contribution in [1.82, 2.24) is 10.2 Å². The number of aryl methyl sites for hydroxylation is 3. The van der Waals surface area contributed by atoms with Crippen LogP contribution in [0.5, 0.6) is 0 Å². The number of ether oxygens (including phenoxy) is 1. The number of carbonyl (C=O) groups excluding carboxylic acids is 3. The standard InChI is InChI=1S/C29H37N3O4/c1-10-32(27(34)24(18(2)3)31-28(35)36-29(7,8)9)25(22-16-15-19(4)17-21(22)6)26(33)30-23-14-12-11-13-20(23)5/h1,11-18,24-25H,2-9H3,(H,30,33)(H,31,35). The fraction of sp³-hybridized carbons (Fsp3) is 0.414. The summed E-state index contributed by atoms with van der Waals surface area (Å²) in [5.74, 6) is -1.36. The molecule has 2 aromatic carbocycles. The van der Waals surface area contributed by atoms with Crippen LogP contribution in [0, 0.1) is 39.2 Å². The first kappa shape index (κ1) is 28.4. The quantitative estimate of drug-likeness (QED) is 0.409. The molecular weight excluding hydrogens is 454 g/mol. The van der Waals surface area contributed by atoms with E-state index in [0.29, 0.717) is 11.3 Å². The molecule has 0 radical (unpaired) electrons. The zero-order valence-corrected chi connectivity index (χ0v) is 22.4. The first-order valence-corrected chi connectivity index (χ1v) is 12.0. The maximum Gasteiger partial charge on any atom is 0.408 e. The van der Waals surface area contributed by atoms with Crippen LogP contribution in [-0.4, -0.2) is 34.5 Å². The van der Waals surface area contributed by atoms with Crippen LogP contribution in [0.2, 0.25) is 0 Å². The second-order valence-electron chi connectivity index (χ2n) is 10.3. The normalized spacial score (nSPS) is 12.8. The van der Waals surface area contributed by atoms with Crippen LogP contribution in [0.1, 0.15) is 62.9 Å². The van der Waals surface area contributed by atoms with Crippen molar-refractivity contribution in [2.75, 3.05) is 5.32 Å². The van der Waals surface area contributed by atoms with Crippen LogP contribution >= 0.6 is 0 Å². The Morgan fingerprint density at radius 2 is 1.64 bits per heavy atom. The number of rotatable bonds is 7. The summed E-state index contributed by atoms with van der Waals surface area (Å²) in [6.07, 6.45) is 5.12. The van der Waals surface area contributed by atoms with Gasteiger partial charge < -0.3 is 15.4 Å². The Hall–Kier alpha value is -3.79. The Kier molecular flexibility index (Phi) is 9.29. The molecule has 0 fully saturated rings. The second-order valence-corrected chi connectivity index (χ2v) is 10.3. The third-order valence-electron chi connectivity index (χ3n) is 5.61. The smallest absolute Gasteiger partial charge is 0.408 e. The van der Waals surface area contributed by atoms with Gasteiger partial charge in [-0.2, -0.15) is 0 Å². The number of carbonyl (C=O) groups is 3. The summed E-state index contributed by atoms with van der Waals surface area (Å²) in [5.41, 5.74) is 3.17. The Bertz CT molecular complexity index is 1160. The topological polar surface area (TPSA) is 87.7 Å². The molecule has 0 saturated carbocycles. The number of nitrogens with zero attached hydrogens (tertiary/aromatic N) is 1. The number of anilines is 1. The number of nitrogens with one attached hydrogen (secondary N) is 2. The van der Waals surface area contributed by atoms with E-state index < -0.39 is 35.6 Å². The van der Waals surface area contributed by atoms with Crippen LogP contribution < -0.4 is 10.6 Å². The lowest BCUT2D eigenvalue weighted by Crippen LogP contribution is -2.53. The molecule has 7 heteroatoms. The molecular formula is C29H37N3O4. The zero-order valence-electron chi connectivity index (χ0n) is 22.4. The average molecular weight is 492 g/mol.